The van der Waals surface area contributed by atoms with Crippen LogP contribution in [-0.4, -0.2) is 21.6 Å². The van der Waals surface area contributed by atoms with Crippen molar-refractivity contribution in [2.24, 2.45) is 15.2 Å². The van der Waals surface area contributed by atoms with E-state index in [1.165, 1.54) is 5.56 Å². The zero-order valence-electron chi connectivity index (χ0n) is 16.5. The summed E-state index contributed by atoms with van der Waals surface area (Å²) in [5.41, 5.74) is 5.59. The average molecular weight is 397 g/mol. The van der Waals surface area contributed by atoms with Crippen LogP contribution in [0.25, 0.3) is 11.3 Å². The number of aromatic hydroxyl groups is 1. The fraction of sp³-hybridized carbons (Fsp3) is 0.0870. The third-order valence-corrected chi connectivity index (χ3v) is 4.63. The third-order valence-electron chi connectivity index (χ3n) is 4.63. The van der Waals surface area contributed by atoms with Crippen molar-refractivity contribution in [2.75, 3.05) is 0 Å². The molecule has 0 bridgehead atoms. The molecule has 7 heteroatoms. The van der Waals surface area contributed by atoms with Gasteiger partial charge in [-0.2, -0.15) is 0 Å². The first-order valence-corrected chi connectivity index (χ1v) is 9.34. The minimum atomic E-state index is 0.106. The molecule has 0 aliphatic carbocycles. The predicted molar refractivity (Wildman–Crippen MR) is 115 cm³/mol. The van der Waals surface area contributed by atoms with Crippen LogP contribution in [0.5, 0.6) is 5.75 Å². The van der Waals surface area contributed by atoms with Gasteiger partial charge in [0.25, 0.3) is 0 Å². The van der Waals surface area contributed by atoms with E-state index >= 15 is 0 Å². The van der Waals surface area contributed by atoms with Crippen LogP contribution in [0.2, 0.25) is 0 Å². The van der Waals surface area contributed by atoms with E-state index in [9.17, 15) is 5.11 Å². The van der Waals surface area contributed by atoms with Crippen LogP contribution in [0.4, 0.5) is 17.2 Å². The summed E-state index contributed by atoms with van der Waals surface area (Å²) >= 11 is 0. The number of aliphatic imine (C=N–C) groups is 1. The van der Waals surface area contributed by atoms with Gasteiger partial charge in [-0.1, -0.05) is 36.4 Å². The van der Waals surface area contributed by atoms with Crippen molar-refractivity contribution in [3.8, 4) is 17.0 Å². The lowest BCUT2D eigenvalue weighted by Crippen LogP contribution is -1.83. The van der Waals surface area contributed by atoms with Gasteiger partial charge < -0.3 is 5.11 Å². The summed E-state index contributed by atoms with van der Waals surface area (Å²) in [5, 5.41) is 26.2. The lowest BCUT2D eigenvalue weighted by atomic mass is 10.1. The normalized spacial score (nSPS) is 11.5. The molecule has 1 heterocycles. The number of phenols is 1. The van der Waals surface area contributed by atoms with Crippen molar-refractivity contribution in [1.82, 2.24) is 10.3 Å². The van der Waals surface area contributed by atoms with Crippen molar-refractivity contribution >= 4 is 23.4 Å². The Hall–Kier alpha value is -4.13. The van der Waals surface area contributed by atoms with Crippen molar-refractivity contribution in [1.29, 1.82) is 0 Å². The van der Waals surface area contributed by atoms with Crippen LogP contribution in [0.3, 0.4) is 0 Å². The molecule has 30 heavy (non-hydrogen) atoms. The van der Waals surface area contributed by atoms with E-state index in [4.69, 9.17) is 4.63 Å². The molecule has 0 aliphatic heterocycles. The largest absolute Gasteiger partial charge is 0.507 e. The summed E-state index contributed by atoms with van der Waals surface area (Å²) in [5.74, 6) is 0.384. The van der Waals surface area contributed by atoms with Gasteiger partial charge in [0, 0.05) is 17.3 Å². The zero-order chi connectivity index (χ0) is 20.9. The summed E-state index contributed by atoms with van der Waals surface area (Å²) < 4.78 is 4.82. The molecule has 0 aliphatic rings. The lowest BCUT2D eigenvalue weighted by molar-refractivity contribution is 0.309. The summed E-state index contributed by atoms with van der Waals surface area (Å²) in [6, 6.07) is 20.3. The monoisotopic (exact) mass is 397 g/mol. The Balaban J connectivity index is 1.58. The second kappa shape index (κ2) is 8.48. The van der Waals surface area contributed by atoms with Gasteiger partial charge in [0.05, 0.1) is 11.4 Å². The summed E-state index contributed by atoms with van der Waals surface area (Å²) in [7, 11) is 0. The molecule has 0 fully saturated rings. The molecule has 0 unspecified atom stereocenters. The van der Waals surface area contributed by atoms with Gasteiger partial charge in [0.15, 0.2) is 5.69 Å². The Kier molecular flexibility index (Phi) is 5.43. The Morgan fingerprint density at radius 2 is 1.63 bits per heavy atom. The predicted octanol–water partition coefficient (Wildman–Crippen LogP) is 6.23. The molecule has 7 nitrogen and oxygen atoms in total. The highest BCUT2D eigenvalue weighted by atomic mass is 16.6. The van der Waals surface area contributed by atoms with Gasteiger partial charge in [-0.3, -0.25) is 4.99 Å². The standard InChI is InChI=1S/C23H19N5O2/c1-15-8-9-19(12-16(15)2)24-14-18-13-20(10-11-21(18)29)25-26-23-22(27-30-28-23)17-6-4-3-5-7-17/h3-14,29H,1-2H3. The molecule has 3 aromatic carbocycles. The average Bonchev–Trinajstić information content (AvgIpc) is 3.24. The van der Waals surface area contributed by atoms with E-state index in [1.54, 1.807) is 24.4 Å². The molecule has 4 rings (SSSR count). The topological polar surface area (TPSA) is 96.2 Å². The number of phenolic OH excluding ortho intramolecular Hbond substituents is 1. The first-order chi connectivity index (χ1) is 14.6. The van der Waals surface area contributed by atoms with E-state index < -0.39 is 0 Å². The molecule has 0 spiro atoms. The van der Waals surface area contributed by atoms with Gasteiger partial charge in [0.1, 0.15) is 5.75 Å². The highest BCUT2D eigenvalue weighted by Crippen LogP contribution is 2.29. The summed E-state index contributed by atoms with van der Waals surface area (Å²) in [6.07, 6.45) is 1.60. The number of nitrogens with zero attached hydrogens (tertiary/aromatic N) is 5. The van der Waals surface area contributed by atoms with E-state index in [2.05, 4.69) is 32.5 Å². The number of hydrogen-bond donors (Lipinski definition) is 1. The second-order valence-electron chi connectivity index (χ2n) is 6.77. The lowest BCUT2D eigenvalue weighted by Gasteiger charge is -2.02. The van der Waals surface area contributed by atoms with Gasteiger partial charge >= 0.3 is 0 Å². The minimum Gasteiger partial charge on any atom is -0.507 e. The SMILES string of the molecule is Cc1ccc(N=Cc2cc(N=Nc3nonc3-c3ccccc3)ccc2O)cc1C. The number of hydrogen-bond acceptors (Lipinski definition) is 7. The number of azo groups is 1. The first-order valence-electron chi connectivity index (χ1n) is 9.34. The second-order valence-corrected chi connectivity index (χ2v) is 6.77. The van der Waals surface area contributed by atoms with Crippen LogP contribution in [0, 0.1) is 13.8 Å². The number of aromatic nitrogens is 2. The smallest absolute Gasteiger partial charge is 0.245 e. The maximum absolute atomic E-state index is 10.2. The van der Waals surface area contributed by atoms with Crippen LogP contribution in [-0.2, 0) is 0 Å². The van der Waals surface area contributed by atoms with Gasteiger partial charge in [-0.25, -0.2) is 4.63 Å². The summed E-state index contributed by atoms with van der Waals surface area (Å²) in [4.78, 5) is 4.45. The minimum absolute atomic E-state index is 0.106. The Bertz CT molecular complexity index is 1230. The van der Waals surface area contributed by atoms with Gasteiger partial charge in [-0.15, -0.1) is 10.2 Å². The third kappa shape index (κ3) is 4.30. The molecule has 4 aromatic rings. The van der Waals surface area contributed by atoms with Gasteiger partial charge in [0.2, 0.25) is 5.82 Å². The van der Waals surface area contributed by atoms with Crippen LogP contribution in [0.1, 0.15) is 16.7 Å². The maximum Gasteiger partial charge on any atom is 0.245 e. The van der Waals surface area contributed by atoms with E-state index in [0.29, 0.717) is 16.9 Å². The van der Waals surface area contributed by atoms with Crippen LogP contribution in [0.15, 0.2) is 86.6 Å². The van der Waals surface area contributed by atoms with Crippen LogP contribution >= 0.6 is 0 Å². The van der Waals surface area contributed by atoms with E-state index in [-0.39, 0.29) is 11.6 Å². The zero-order valence-corrected chi connectivity index (χ0v) is 16.5. The highest BCUT2D eigenvalue weighted by molar-refractivity contribution is 5.86. The van der Waals surface area contributed by atoms with Crippen molar-refractivity contribution in [3.05, 3.63) is 83.4 Å². The molecular formula is C23H19N5O2. The summed E-state index contributed by atoms with van der Waals surface area (Å²) in [6.45, 7) is 4.09. The fourth-order valence-corrected chi connectivity index (χ4v) is 2.79. The number of rotatable bonds is 5. The van der Waals surface area contributed by atoms with Crippen molar-refractivity contribution < 1.29 is 9.74 Å². The molecule has 148 valence electrons. The highest BCUT2D eigenvalue weighted by Gasteiger charge is 2.11. The van der Waals surface area contributed by atoms with E-state index in [0.717, 1.165) is 16.8 Å². The van der Waals surface area contributed by atoms with Crippen molar-refractivity contribution in [3.63, 3.8) is 0 Å². The van der Waals surface area contributed by atoms with Crippen molar-refractivity contribution in [2.45, 2.75) is 13.8 Å². The quantitative estimate of drug-likeness (QED) is 0.319. The molecule has 0 radical (unpaired) electrons. The molecule has 0 saturated heterocycles. The Morgan fingerprint density at radius 3 is 2.43 bits per heavy atom. The van der Waals surface area contributed by atoms with Gasteiger partial charge in [-0.05, 0) is 65.6 Å². The molecule has 0 atom stereocenters. The maximum atomic E-state index is 10.2. The molecule has 1 aromatic heterocycles. The molecular weight excluding hydrogens is 378 g/mol. The Morgan fingerprint density at radius 1 is 0.833 bits per heavy atom. The molecule has 1 N–H and O–H groups in total. The first kappa shape index (κ1) is 19.2. The Labute approximate surface area is 173 Å². The molecule has 0 saturated carbocycles. The van der Waals surface area contributed by atoms with E-state index in [1.807, 2.05) is 55.5 Å². The number of benzene rings is 3. The van der Waals surface area contributed by atoms with Crippen LogP contribution < -0.4 is 0 Å². The number of aryl methyl sites for hydroxylation is 2. The molecule has 0 amide bonds. The fourth-order valence-electron chi connectivity index (χ4n) is 2.79.